The van der Waals surface area contributed by atoms with Crippen molar-refractivity contribution in [1.29, 1.82) is 0 Å². The SMILES string of the molecule is Cc1ccn2cc(C3CCCN3C(=O)O)nc2c1Br. The van der Waals surface area contributed by atoms with Gasteiger partial charge in [0.15, 0.2) is 5.65 Å². The number of rotatable bonds is 1. The van der Waals surface area contributed by atoms with Crippen molar-refractivity contribution in [2.45, 2.75) is 25.8 Å². The van der Waals surface area contributed by atoms with E-state index in [4.69, 9.17) is 0 Å². The normalized spacial score (nSPS) is 19.3. The molecule has 100 valence electrons. The molecule has 1 N–H and O–H groups in total. The monoisotopic (exact) mass is 323 g/mol. The molecular weight excluding hydrogens is 310 g/mol. The van der Waals surface area contributed by atoms with E-state index in [2.05, 4.69) is 20.9 Å². The summed E-state index contributed by atoms with van der Waals surface area (Å²) in [6.07, 6.45) is 4.74. The number of aryl methyl sites for hydroxylation is 1. The van der Waals surface area contributed by atoms with E-state index in [1.807, 2.05) is 29.8 Å². The van der Waals surface area contributed by atoms with Crippen LogP contribution in [0, 0.1) is 6.92 Å². The zero-order chi connectivity index (χ0) is 13.6. The lowest BCUT2D eigenvalue weighted by atomic mass is 10.2. The summed E-state index contributed by atoms with van der Waals surface area (Å²) in [5.74, 6) is 0. The lowest BCUT2D eigenvalue weighted by molar-refractivity contribution is 0.139. The predicted octanol–water partition coefficient (Wildman–Crippen LogP) is 3.22. The van der Waals surface area contributed by atoms with Crippen LogP contribution in [-0.2, 0) is 0 Å². The van der Waals surface area contributed by atoms with Crippen LogP contribution < -0.4 is 0 Å². The summed E-state index contributed by atoms with van der Waals surface area (Å²) in [6, 6.07) is 1.89. The highest BCUT2D eigenvalue weighted by Crippen LogP contribution is 2.32. The molecule has 1 fully saturated rings. The summed E-state index contributed by atoms with van der Waals surface area (Å²) < 4.78 is 2.89. The highest BCUT2D eigenvalue weighted by molar-refractivity contribution is 9.10. The van der Waals surface area contributed by atoms with Crippen molar-refractivity contribution in [1.82, 2.24) is 14.3 Å². The lowest BCUT2D eigenvalue weighted by Crippen LogP contribution is -2.28. The fraction of sp³-hybridized carbons (Fsp3) is 0.385. The van der Waals surface area contributed by atoms with Crippen LogP contribution in [0.1, 0.15) is 30.1 Å². The number of carboxylic acid groups (broad SMARTS) is 1. The fourth-order valence-corrected chi connectivity index (χ4v) is 3.02. The Labute approximate surface area is 119 Å². The van der Waals surface area contributed by atoms with Crippen LogP contribution in [0.2, 0.25) is 0 Å². The number of imidazole rings is 1. The Balaban J connectivity index is 2.06. The Morgan fingerprint density at radius 3 is 3.11 bits per heavy atom. The topological polar surface area (TPSA) is 57.8 Å². The molecule has 1 unspecified atom stereocenters. The molecule has 1 aliphatic rings. The number of halogens is 1. The number of fused-ring (bicyclic) bond motifs is 1. The van der Waals surface area contributed by atoms with Crippen LogP contribution in [0.3, 0.4) is 0 Å². The minimum Gasteiger partial charge on any atom is -0.465 e. The third kappa shape index (κ3) is 2.00. The molecule has 1 atom stereocenters. The van der Waals surface area contributed by atoms with Gasteiger partial charge in [0.25, 0.3) is 0 Å². The molecule has 1 amide bonds. The minimum atomic E-state index is -0.866. The number of nitrogens with zero attached hydrogens (tertiary/aromatic N) is 3. The average Bonchev–Trinajstić information content (AvgIpc) is 2.99. The van der Waals surface area contributed by atoms with Crippen LogP contribution in [0.5, 0.6) is 0 Å². The number of carbonyl (C=O) groups is 1. The van der Waals surface area contributed by atoms with Gasteiger partial charge < -0.3 is 9.51 Å². The smallest absolute Gasteiger partial charge is 0.407 e. The standard InChI is InChI=1S/C13H14BrN3O2/c1-8-4-6-16-7-9(15-12(16)11(8)14)10-3-2-5-17(10)13(18)19/h4,6-7,10H,2-3,5H2,1H3,(H,18,19). The molecule has 3 rings (SSSR count). The average molecular weight is 324 g/mol. The van der Waals surface area contributed by atoms with Crippen LogP contribution in [0.25, 0.3) is 5.65 Å². The Kier molecular flexibility index (Phi) is 2.97. The molecular formula is C13H14BrN3O2. The van der Waals surface area contributed by atoms with E-state index < -0.39 is 6.09 Å². The second kappa shape index (κ2) is 4.52. The van der Waals surface area contributed by atoms with Crippen molar-refractivity contribution >= 4 is 27.7 Å². The van der Waals surface area contributed by atoms with Crippen molar-refractivity contribution in [3.63, 3.8) is 0 Å². The first-order valence-electron chi connectivity index (χ1n) is 6.21. The van der Waals surface area contributed by atoms with Gasteiger partial charge in [-0.05, 0) is 47.3 Å². The Hall–Kier alpha value is -1.56. The van der Waals surface area contributed by atoms with E-state index in [0.717, 1.165) is 34.2 Å². The van der Waals surface area contributed by atoms with Gasteiger partial charge in [0.2, 0.25) is 0 Å². The highest BCUT2D eigenvalue weighted by Gasteiger charge is 2.31. The van der Waals surface area contributed by atoms with Crippen LogP contribution in [0.4, 0.5) is 4.79 Å². The van der Waals surface area contributed by atoms with E-state index >= 15 is 0 Å². The molecule has 2 aromatic heterocycles. The third-order valence-corrected chi connectivity index (χ3v) is 4.60. The first kappa shape index (κ1) is 12.5. The summed E-state index contributed by atoms with van der Waals surface area (Å²) >= 11 is 3.53. The van der Waals surface area contributed by atoms with Crippen LogP contribution >= 0.6 is 15.9 Å². The van der Waals surface area contributed by atoms with Gasteiger partial charge >= 0.3 is 6.09 Å². The van der Waals surface area contributed by atoms with Crippen LogP contribution in [0.15, 0.2) is 22.9 Å². The van der Waals surface area contributed by atoms with E-state index in [9.17, 15) is 9.90 Å². The third-order valence-electron chi connectivity index (χ3n) is 3.62. The maximum absolute atomic E-state index is 11.2. The zero-order valence-corrected chi connectivity index (χ0v) is 12.1. The van der Waals surface area contributed by atoms with Crippen molar-refractivity contribution < 1.29 is 9.90 Å². The Morgan fingerprint density at radius 2 is 2.37 bits per heavy atom. The van der Waals surface area contributed by atoms with Crippen molar-refractivity contribution in [3.05, 3.63) is 34.2 Å². The van der Waals surface area contributed by atoms with Gasteiger partial charge in [-0.2, -0.15) is 0 Å². The van der Waals surface area contributed by atoms with Gasteiger partial charge in [-0.25, -0.2) is 9.78 Å². The van der Waals surface area contributed by atoms with Gasteiger partial charge in [0, 0.05) is 18.9 Å². The summed E-state index contributed by atoms with van der Waals surface area (Å²) in [6.45, 7) is 2.60. The summed E-state index contributed by atoms with van der Waals surface area (Å²) in [4.78, 5) is 17.3. The van der Waals surface area contributed by atoms with Gasteiger partial charge in [-0.3, -0.25) is 4.90 Å². The summed E-state index contributed by atoms with van der Waals surface area (Å²) in [5.41, 5.74) is 2.78. The molecule has 5 nitrogen and oxygen atoms in total. The molecule has 2 aromatic rings. The molecule has 0 spiro atoms. The molecule has 1 saturated heterocycles. The molecule has 0 bridgehead atoms. The van der Waals surface area contributed by atoms with Crippen LogP contribution in [-0.4, -0.2) is 32.0 Å². The Morgan fingerprint density at radius 1 is 1.58 bits per heavy atom. The Bertz CT molecular complexity index is 653. The molecule has 19 heavy (non-hydrogen) atoms. The van der Waals surface area contributed by atoms with Crippen molar-refractivity contribution in [2.24, 2.45) is 0 Å². The molecule has 0 aliphatic carbocycles. The number of hydrogen-bond donors (Lipinski definition) is 1. The number of hydrogen-bond acceptors (Lipinski definition) is 2. The second-order valence-corrected chi connectivity index (χ2v) is 5.64. The number of pyridine rings is 1. The molecule has 0 radical (unpaired) electrons. The molecule has 0 saturated carbocycles. The fourth-order valence-electron chi connectivity index (χ4n) is 2.59. The van der Waals surface area contributed by atoms with Gasteiger partial charge in [0.1, 0.15) is 0 Å². The summed E-state index contributed by atoms with van der Waals surface area (Å²) in [5, 5.41) is 9.20. The van der Waals surface area contributed by atoms with Gasteiger partial charge in [-0.1, -0.05) is 0 Å². The predicted molar refractivity (Wildman–Crippen MR) is 74.3 cm³/mol. The second-order valence-electron chi connectivity index (χ2n) is 4.84. The van der Waals surface area contributed by atoms with Gasteiger partial charge in [-0.15, -0.1) is 0 Å². The molecule has 6 heteroatoms. The van der Waals surface area contributed by atoms with Crippen molar-refractivity contribution in [2.75, 3.05) is 6.54 Å². The number of amides is 1. The van der Waals surface area contributed by atoms with E-state index in [-0.39, 0.29) is 6.04 Å². The van der Waals surface area contributed by atoms with E-state index in [1.165, 1.54) is 4.90 Å². The molecule has 3 heterocycles. The maximum atomic E-state index is 11.2. The number of aromatic nitrogens is 2. The molecule has 1 aliphatic heterocycles. The van der Waals surface area contributed by atoms with Crippen molar-refractivity contribution in [3.8, 4) is 0 Å². The first-order valence-corrected chi connectivity index (χ1v) is 7.00. The quantitative estimate of drug-likeness (QED) is 0.876. The van der Waals surface area contributed by atoms with E-state index in [1.54, 1.807) is 0 Å². The largest absolute Gasteiger partial charge is 0.465 e. The van der Waals surface area contributed by atoms with E-state index in [0.29, 0.717) is 6.54 Å². The summed E-state index contributed by atoms with van der Waals surface area (Å²) in [7, 11) is 0. The molecule has 0 aromatic carbocycles. The highest BCUT2D eigenvalue weighted by atomic mass is 79.9. The van der Waals surface area contributed by atoms with Gasteiger partial charge in [0.05, 0.1) is 16.2 Å². The lowest BCUT2D eigenvalue weighted by Gasteiger charge is -2.19. The zero-order valence-electron chi connectivity index (χ0n) is 10.5. The maximum Gasteiger partial charge on any atom is 0.407 e. The minimum absolute atomic E-state index is 0.121. The first-order chi connectivity index (χ1) is 9.08. The number of likely N-dealkylation sites (tertiary alicyclic amines) is 1.